The van der Waals surface area contributed by atoms with Crippen molar-refractivity contribution in [2.45, 2.75) is 38.4 Å². The van der Waals surface area contributed by atoms with Gasteiger partial charge in [-0.05, 0) is 54.8 Å². The Morgan fingerprint density at radius 1 is 1.10 bits per heavy atom. The number of amides is 4. The summed E-state index contributed by atoms with van der Waals surface area (Å²) in [5.41, 5.74) is 4.47. The Morgan fingerprint density at radius 3 is 2.59 bits per heavy atom. The minimum atomic E-state index is -0.589. The van der Waals surface area contributed by atoms with Crippen molar-refractivity contribution < 1.29 is 23.9 Å². The number of hydrogen-bond donors (Lipinski definition) is 3. The number of halogens is 1. The number of likely N-dealkylation sites (N-methyl/N-ethyl adjacent to an activating group) is 2. The lowest BCUT2D eigenvalue weighted by atomic mass is 10.0. The van der Waals surface area contributed by atoms with Crippen LogP contribution in [0.1, 0.15) is 39.9 Å². The fourth-order valence-electron chi connectivity index (χ4n) is 4.47. The van der Waals surface area contributed by atoms with Crippen LogP contribution in [0, 0.1) is 0 Å². The molecule has 210 valence electrons. The van der Waals surface area contributed by atoms with Gasteiger partial charge >= 0.3 is 0 Å². The number of anilines is 1. The predicted octanol–water partition coefficient (Wildman–Crippen LogP) is 2.20. The zero-order valence-corrected chi connectivity index (χ0v) is 23.3. The van der Waals surface area contributed by atoms with E-state index in [4.69, 9.17) is 16.3 Å². The van der Waals surface area contributed by atoms with E-state index in [1.54, 1.807) is 12.1 Å². The van der Waals surface area contributed by atoms with Crippen LogP contribution in [0.15, 0.2) is 36.4 Å². The van der Waals surface area contributed by atoms with Crippen LogP contribution in [0.5, 0.6) is 0 Å². The SMILES string of the molecule is CN1C(=O)CCC(N2Cc3cc(CNC=O)ccc3C2=O)C1=O.CNCCOCCc1ccc(NC)cc1Cl. The molecular weight excluding hydrogens is 522 g/mol. The van der Waals surface area contributed by atoms with E-state index in [0.29, 0.717) is 38.1 Å². The van der Waals surface area contributed by atoms with Gasteiger partial charge < -0.3 is 25.6 Å². The van der Waals surface area contributed by atoms with Crippen LogP contribution >= 0.6 is 11.6 Å². The van der Waals surface area contributed by atoms with E-state index < -0.39 is 6.04 Å². The molecule has 2 heterocycles. The molecule has 1 saturated heterocycles. The molecule has 2 aromatic rings. The van der Waals surface area contributed by atoms with Crippen LogP contribution in [0.4, 0.5) is 5.69 Å². The van der Waals surface area contributed by atoms with Crippen LogP contribution in [0.2, 0.25) is 5.02 Å². The van der Waals surface area contributed by atoms with Crippen LogP contribution < -0.4 is 16.0 Å². The van der Waals surface area contributed by atoms with Crippen molar-refractivity contribution in [3.8, 4) is 0 Å². The van der Waals surface area contributed by atoms with Gasteiger partial charge in [0, 0.05) is 56.4 Å². The molecule has 4 amide bonds. The summed E-state index contributed by atoms with van der Waals surface area (Å²) in [6.45, 7) is 3.07. The fraction of sp³-hybridized carbons (Fsp3) is 0.429. The lowest BCUT2D eigenvalue weighted by Gasteiger charge is -2.33. The maximum Gasteiger partial charge on any atom is 0.255 e. The second-order valence-electron chi connectivity index (χ2n) is 9.29. The highest BCUT2D eigenvalue weighted by Crippen LogP contribution is 2.29. The molecular formula is C28H36ClN5O5. The van der Waals surface area contributed by atoms with Gasteiger partial charge in [-0.3, -0.25) is 24.1 Å². The van der Waals surface area contributed by atoms with Gasteiger partial charge in [-0.25, -0.2) is 0 Å². The molecule has 0 aromatic heterocycles. The summed E-state index contributed by atoms with van der Waals surface area (Å²) >= 11 is 6.14. The number of carbonyl (C=O) groups excluding carboxylic acids is 4. The van der Waals surface area contributed by atoms with Crippen molar-refractivity contribution in [3.63, 3.8) is 0 Å². The zero-order chi connectivity index (χ0) is 28.4. The lowest BCUT2D eigenvalue weighted by molar-refractivity contribution is -0.150. The monoisotopic (exact) mass is 557 g/mol. The molecule has 2 aromatic carbocycles. The average molecular weight is 558 g/mol. The number of hydrogen-bond acceptors (Lipinski definition) is 7. The van der Waals surface area contributed by atoms with Gasteiger partial charge in [0.15, 0.2) is 0 Å². The van der Waals surface area contributed by atoms with E-state index in [2.05, 4.69) is 16.0 Å². The summed E-state index contributed by atoms with van der Waals surface area (Å²) in [5.74, 6) is -0.723. The molecule has 0 spiro atoms. The highest BCUT2D eigenvalue weighted by molar-refractivity contribution is 6.31. The minimum absolute atomic E-state index is 0.184. The molecule has 39 heavy (non-hydrogen) atoms. The molecule has 1 atom stereocenters. The highest BCUT2D eigenvalue weighted by Gasteiger charge is 2.41. The fourth-order valence-corrected chi connectivity index (χ4v) is 4.74. The number of nitrogens with one attached hydrogen (secondary N) is 3. The normalized spacial score (nSPS) is 16.5. The summed E-state index contributed by atoms with van der Waals surface area (Å²) in [6.07, 6.45) is 2.10. The van der Waals surface area contributed by atoms with Crippen molar-refractivity contribution in [1.82, 2.24) is 20.4 Å². The number of fused-ring (bicyclic) bond motifs is 1. The quantitative estimate of drug-likeness (QED) is 0.220. The van der Waals surface area contributed by atoms with Crippen LogP contribution in [-0.4, -0.2) is 80.9 Å². The molecule has 1 fully saturated rings. The molecule has 10 nitrogen and oxygen atoms in total. The Morgan fingerprint density at radius 2 is 1.90 bits per heavy atom. The third-order valence-corrected chi connectivity index (χ3v) is 7.09. The molecule has 3 N–H and O–H groups in total. The number of carbonyl (C=O) groups is 4. The van der Waals surface area contributed by atoms with Crippen LogP contribution in [0.3, 0.4) is 0 Å². The van der Waals surface area contributed by atoms with Gasteiger partial charge in [0.2, 0.25) is 12.3 Å². The van der Waals surface area contributed by atoms with Crippen molar-refractivity contribution in [1.29, 1.82) is 0 Å². The molecule has 0 radical (unpaired) electrons. The average Bonchev–Trinajstić information content (AvgIpc) is 3.26. The number of ether oxygens (including phenoxy) is 1. The molecule has 2 aliphatic heterocycles. The Bertz CT molecular complexity index is 1190. The number of nitrogens with zero attached hydrogens (tertiary/aromatic N) is 2. The van der Waals surface area contributed by atoms with Crippen molar-refractivity contribution in [2.24, 2.45) is 0 Å². The predicted molar refractivity (Wildman–Crippen MR) is 149 cm³/mol. The van der Waals surface area contributed by atoms with Crippen LogP contribution in [0.25, 0.3) is 0 Å². The first-order valence-corrected chi connectivity index (χ1v) is 13.3. The van der Waals surface area contributed by atoms with Gasteiger partial charge in [0.05, 0.1) is 13.2 Å². The number of likely N-dealkylation sites (tertiary alicyclic amines) is 1. The second kappa shape index (κ2) is 14.6. The molecule has 4 rings (SSSR count). The first-order valence-electron chi connectivity index (χ1n) is 12.9. The summed E-state index contributed by atoms with van der Waals surface area (Å²) in [5, 5.41) is 9.47. The lowest BCUT2D eigenvalue weighted by Crippen LogP contribution is -2.53. The third kappa shape index (κ3) is 7.78. The zero-order valence-electron chi connectivity index (χ0n) is 22.6. The first-order chi connectivity index (χ1) is 18.8. The number of benzene rings is 2. The summed E-state index contributed by atoms with van der Waals surface area (Å²) < 4.78 is 5.45. The van der Waals surface area contributed by atoms with Gasteiger partial charge in [-0.15, -0.1) is 0 Å². The molecule has 0 aliphatic carbocycles. The summed E-state index contributed by atoms with van der Waals surface area (Å²) in [4.78, 5) is 49.4. The van der Waals surface area contributed by atoms with E-state index in [1.165, 1.54) is 11.9 Å². The van der Waals surface area contributed by atoms with Gasteiger partial charge in [0.25, 0.3) is 11.8 Å². The molecule has 11 heteroatoms. The van der Waals surface area contributed by atoms with Gasteiger partial charge in [-0.2, -0.15) is 0 Å². The number of piperidine rings is 1. The first kappa shape index (κ1) is 30.1. The van der Waals surface area contributed by atoms with E-state index in [9.17, 15) is 19.2 Å². The minimum Gasteiger partial charge on any atom is -0.388 e. The molecule has 0 bridgehead atoms. The third-order valence-electron chi connectivity index (χ3n) is 6.74. The molecule has 0 saturated carbocycles. The Balaban J connectivity index is 0.000000231. The Kier molecular flexibility index (Phi) is 11.3. The van der Waals surface area contributed by atoms with Crippen molar-refractivity contribution in [2.75, 3.05) is 46.2 Å². The van der Waals surface area contributed by atoms with E-state index >= 15 is 0 Å². The summed E-state index contributed by atoms with van der Waals surface area (Å²) in [7, 11) is 5.25. The van der Waals surface area contributed by atoms with E-state index in [1.807, 2.05) is 38.4 Å². The van der Waals surface area contributed by atoms with Crippen LogP contribution in [-0.2, 0) is 38.6 Å². The maximum absolute atomic E-state index is 12.6. The largest absolute Gasteiger partial charge is 0.388 e. The van der Waals surface area contributed by atoms with Crippen molar-refractivity contribution in [3.05, 3.63) is 63.7 Å². The number of imide groups is 1. The van der Waals surface area contributed by atoms with E-state index in [0.717, 1.165) is 51.9 Å². The Labute approximate surface area is 234 Å². The maximum atomic E-state index is 12.6. The second-order valence-corrected chi connectivity index (χ2v) is 9.70. The molecule has 2 aliphatic rings. The Hall–Kier alpha value is -3.47. The molecule has 1 unspecified atom stereocenters. The topological polar surface area (TPSA) is 120 Å². The standard InChI is InChI=1S/C16H17N3O4.C12H19ClN2O/c1-18-14(21)5-4-13(16(18)23)19-8-11-6-10(7-17-9-20)2-3-12(11)15(19)22;1-14-6-8-16-7-5-10-3-4-11(15-2)9-12(10)13/h2-3,6,9,13H,4-5,7-8H2,1H3,(H,17,20);3-4,9,14-15H,5-8H2,1-2H3. The number of rotatable bonds is 11. The summed E-state index contributed by atoms with van der Waals surface area (Å²) in [6, 6.07) is 10.8. The van der Waals surface area contributed by atoms with Gasteiger partial charge in [-0.1, -0.05) is 29.8 Å². The smallest absolute Gasteiger partial charge is 0.255 e. The highest BCUT2D eigenvalue weighted by atomic mass is 35.5. The van der Waals surface area contributed by atoms with Crippen molar-refractivity contribution >= 4 is 41.4 Å². The van der Waals surface area contributed by atoms with E-state index in [-0.39, 0.29) is 24.1 Å². The van der Waals surface area contributed by atoms with Gasteiger partial charge in [0.1, 0.15) is 6.04 Å².